The van der Waals surface area contributed by atoms with Gasteiger partial charge in [-0.15, -0.1) is 0 Å². The molecule has 0 aliphatic heterocycles. The van der Waals surface area contributed by atoms with Crippen LogP contribution in [-0.4, -0.2) is 30.9 Å². The third-order valence-corrected chi connectivity index (χ3v) is 1.63. The zero-order chi connectivity index (χ0) is 8.27. The van der Waals surface area contributed by atoms with Gasteiger partial charge in [-0.3, -0.25) is 0 Å². The molecule has 0 saturated carbocycles. The van der Waals surface area contributed by atoms with Crippen molar-refractivity contribution in [1.29, 1.82) is 0 Å². The molecule has 0 heterocycles. The van der Waals surface area contributed by atoms with Crippen molar-refractivity contribution in [2.45, 2.75) is 13.3 Å². The number of hydrogen-bond donors (Lipinski definition) is 1. The van der Waals surface area contributed by atoms with E-state index in [0.29, 0.717) is 5.56 Å². The number of carboxylic acid groups (broad SMARTS) is 1. The summed E-state index contributed by atoms with van der Waals surface area (Å²) in [6, 6.07) is 7.05. The fourth-order valence-electron chi connectivity index (χ4n) is 1.04. The minimum absolute atomic E-state index is 0. The summed E-state index contributed by atoms with van der Waals surface area (Å²) in [6.45, 7) is 1.95. The Bertz CT molecular complexity index is 271. The smallest absolute Gasteiger partial charge is 0.335 e. The van der Waals surface area contributed by atoms with Crippen molar-refractivity contribution >= 4 is 25.8 Å². The molecule has 0 unspecified atom stereocenters. The Balaban J connectivity index is 0.00000121. The number of rotatable bonds is 2. The van der Waals surface area contributed by atoms with E-state index >= 15 is 0 Å². The van der Waals surface area contributed by atoms with Crippen LogP contribution in [0.2, 0.25) is 0 Å². The summed E-state index contributed by atoms with van der Waals surface area (Å²) in [7, 11) is 0. The van der Waals surface area contributed by atoms with E-state index < -0.39 is 5.97 Å². The van der Waals surface area contributed by atoms with Crippen LogP contribution in [0.15, 0.2) is 24.3 Å². The van der Waals surface area contributed by atoms with Crippen molar-refractivity contribution in [3.05, 3.63) is 35.4 Å². The van der Waals surface area contributed by atoms with Crippen molar-refractivity contribution in [2.24, 2.45) is 0 Å². The van der Waals surface area contributed by atoms with E-state index in [1.54, 1.807) is 12.1 Å². The summed E-state index contributed by atoms with van der Waals surface area (Å²) < 4.78 is 0. The van der Waals surface area contributed by atoms with Gasteiger partial charge in [-0.2, -0.15) is 0 Å². The number of carboxylic acids is 1. The van der Waals surface area contributed by atoms with Crippen LogP contribution in [0, 0.1) is 0 Å². The first-order valence-corrected chi connectivity index (χ1v) is 3.57. The van der Waals surface area contributed by atoms with Crippen LogP contribution in [0.5, 0.6) is 0 Å². The molecule has 3 radical (unpaired) electrons. The van der Waals surface area contributed by atoms with Crippen LogP contribution in [0.3, 0.4) is 0 Å². The molecule has 0 spiro atoms. The second-order valence-corrected chi connectivity index (χ2v) is 2.32. The molecule has 0 saturated heterocycles. The Morgan fingerprint density at radius 3 is 2.42 bits per heavy atom. The fourth-order valence-corrected chi connectivity index (χ4v) is 1.04. The van der Waals surface area contributed by atoms with Gasteiger partial charge >= 0.3 is 5.97 Å². The van der Waals surface area contributed by atoms with Gasteiger partial charge in [0.15, 0.2) is 0 Å². The molecule has 0 aliphatic carbocycles. The fraction of sp³-hybridized carbons (Fsp3) is 0.222. The van der Waals surface area contributed by atoms with Crippen molar-refractivity contribution in [1.82, 2.24) is 0 Å². The van der Waals surface area contributed by atoms with E-state index in [4.69, 9.17) is 5.11 Å². The molecule has 0 bridgehead atoms. The number of aryl methyl sites for hydroxylation is 1. The summed E-state index contributed by atoms with van der Waals surface area (Å²) in [4.78, 5) is 10.6. The SMILES string of the molecule is CCc1ccccc1C(=O)O.[Ga]. The summed E-state index contributed by atoms with van der Waals surface area (Å²) in [5, 5.41) is 8.70. The van der Waals surface area contributed by atoms with Crippen LogP contribution < -0.4 is 0 Å². The molecular formula is C9H10GaO2. The Kier molecular flexibility index (Phi) is 4.77. The van der Waals surface area contributed by atoms with Gasteiger partial charge in [-0.25, -0.2) is 4.79 Å². The van der Waals surface area contributed by atoms with Crippen LogP contribution in [0.4, 0.5) is 0 Å². The molecule has 1 aromatic carbocycles. The van der Waals surface area contributed by atoms with Crippen molar-refractivity contribution in [3.8, 4) is 0 Å². The van der Waals surface area contributed by atoms with Gasteiger partial charge in [-0.1, -0.05) is 25.1 Å². The molecule has 0 aromatic heterocycles. The Hall–Kier alpha value is -0.674. The molecule has 3 heteroatoms. The topological polar surface area (TPSA) is 37.3 Å². The van der Waals surface area contributed by atoms with E-state index in [1.807, 2.05) is 19.1 Å². The zero-order valence-corrected chi connectivity index (χ0v) is 9.37. The number of aromatic carboxylic acids is 1. The number of hydrogen-bond acceptors (Lipinski definition) is 1. The second kappa shape index (κ2) is 5.06. The van der Waals surface area contributed by atoms with Crippen LogP contribution in [-0.2, 0) is 6.42 Å². The number of benzene rings is 1. The predicted octanol–water partition coefficient (Wildman–Crippen LogP) is 1.57. The van der Waals surface area contributed by atoms with Crippen molar-refractivity contribution < 1.29 is 9.90 Å². The van der Waals surface area contributed by atoms with E-state index in [0.717, 1.165) is 12.0 Å². The Morgan fingerprint density at radius 1 is 1.42 bits per heavy atom. The molecule has 1 rings (SSSR count). The first-order valence-electron chi connectivity index (χ1n) is 3.57. The van der Waals surface area contributed by atoms with Gasteiger partial charge in [0.05, 0.1) is 5.56 Å². The quantitative estimate of drug-likeness (QED) is 0.767. The standard InChI is InChI=1S/C9H10O2.Ga/c1-2-7-5-3-4-6-8(7)9(10)11;/h3-6H,2H2,1H3,(H,10,11);. The van der Waals surface area contributed by atoms with Gasteiger partial charge < -0.3 is 5.11 Å². The Morgan fingerprint density at radius 2 is 2.00 bits per heavy atom. The molecular weight excluding hydrogens is 210 g/mol. The second-order valence-electron chi connectivity index (χ2n) is 2.32. The van der Waals surface area contributed by atoms with Crippen LogP contribution in [0.1, 0.15) is 22.8 Å². The average Bonchev–Trinajstić information content (AvgIpc) is 2.04. The van der Waals surface area contributed by atoms with E-state index in [-0.39, 0.29) is 19.8 Å². The molecule has 1 aromatic rings. The van der Waals surface area contributed by atoms with E-state index in [9.17, 15) is 4.79 Å². The largest absolute Gasteiger partial charge is 0.478 e. The van der Waals surface area contributed by atoms with Crippen LogP contribution in [0.25, 0.3) is 0 Å². The summed E-state index contributed by atoms with van der Waals surface area (Å²) >= 11 is 0. The molecule has 0 atom stereocenters. The first-order chi connectivity index (χ1) is 5.25. The molecule has 0 amide bonds. The van der Waals surface area contributed by atoms with E-state index in [2.05, 4.69) is 0 Å². The maximum absolute atomic E-state index is 10.6. The summed E-state index contributed by atoms with van der Waals surface area (Å²) in [5.41, 5.74) is 1.30. The maximum atomic E-state index is 10.6. The van der Waals surface area contributed by atoms with Crippen LogP contribution >= 0.6 is 0 Å². The minimum Gasteiger partial charge on any atom is -0.478 e. The minimum atomic E-state index is -0.845. The van der Waals surface area contributed by atoms with Crippen molar-refractivity contribution in [2.75, 3.05) is 0 Å². The molecule has 61 valence electrons. The van der Waals surface area contributed by atoms with E-state index in [1.165, 1.54) is 0 Å². The maximum Gasteiger partial charge on any atom is 0.335 e. The Labute approximate surface area is 84.7 Å². The summed E-state index contributed by atoms with van der Waals surface area (Å²) in [6.07, 6.45) is 0.766. The normalized spacial score (nSPS) is 8.75. The number of carbonyl (C=O) groups is 1. The third-order valence-electron chi connectivity index (χ3n) is 1.63. The third kappa shape index (κ3) is 2.43. The first kappa shape index (κ1) is 11.3. The van der Waals surface area contributed by atoms with Crippen molar-refractivity contribution in [3.63, 3.8) is 0 Å². The molecule has 2 nitrogen and oxygen atoms in total. The predicted molar refractivity (Wildman–Crippen MR) is 48.5 cm³/mol. The molecule has 0 aliphatic rings. The monoisotopic (exact) mass is 219 g/mol. The molecule has 0 fully saturated rings. The molecule has 12 heavy (non-hydrogen) atoms. The van der Waals surface area contributed by atoms with Gasteiger partial charge in [0, 0.05) is 19.8 Å². The molecule has 1 N–H and O–H groups in total. The van der Waals surface area contributed by atoms with Gasteiger partial charge in [-0.05, 0) is 18.1 Å². The zero-order valence-electron chi connectivity index (χ0n) is 6.95. The van der Waals surface area contributed by atoms with Gasteiger partial charge in [0.25, 0.3) is 0 Å². The summed E-state index contributed by atoms with van der Waals surface area (Å²) in [5.74, 6) is -0.845. The van der Waals surface area contributed by atoms with Gasteiger partial charge in [0.1, 0.15) is 0 Å². The average molecular weight is 220 g/mol. The van der Waals surface area contributed by atoms with Gasteiger partial charge in [0.2, 0.25) is 0 Å².